The number of aryl methyl sites for hydroxylation is 2. The normalized spacial score (nSPS) is 12.0. The molecule has 0 saturated heterocycles. The molecule has 1 atom stereocenters. The molecule has 27 heavy (non-hydrogen) atoms. The molecule has 0 aliphatic rings. The molecule has 4 nitrogen and oxygen atoms in total. The van der Waals surface area contributed by atoms with E-state index in [2.05, 4.69) is 29.5 Å². The average molecular weight is 361 g/mol. The first kappa shape index (κ1) is 18.9. The van der Waals surface area contributed by atoms with Crippen molar-refractivity contribution in [2.75, 3.05) is 5.32 Å². The van der Waals surface area contributed by atoms with Gasteiger partial charge in [-0.05, 0) is 43.9 Å². The number of carbonyl (C=O) groups is 1. The van der Waals surface area contributed by atoms with Crippen molar-refractivity contribution in [1.29, 1.82) is 0 Å². The lowest BCUT2D eigenvalue weighted by Gasteiger charge is -2.16. The molecule has 0 unspecified atom stereocenters. The summed E-state index contributed by atoms with van der Waals surface area (Å²) in [7, 11) is 0. The zero-order valence-electron chi connectivity index (χ0n) is 16.5. The van der Waals surface area contributed by atoms with E-state index in [9.17, 15) is 4.79 Å². The first-order chi connectivity index (χ1) is 13.0. The fraction of sp³-hybridized carbons (Fsp3) is 0.304. The van der Waals surface area contributed by atoms with Gasteiger partial charge in [0, 0.05) is 0 Å². The molecule has 4 heteroatoms. The Balaban J connectivity index is 1.82. The molecule has 3 aromatic rings. The second-order valence-corrected chi connectivity index (χ2v) is 6.99. The fourth-order valence-electron chi connectivity index (χ4n) is 3.45. The number of amides is 1. The molecule has 1 aromatic heterocycles. The molecule has 2 aromatic carbocycles. The van der Waals surface area contributed by atoms with Gasteiger partial charge in [0.05, 0.1) is 29.5 Å². The lowest BCUT2D eigenvalue weighted by atomic mass is 9.95. The summed E-state index contributed by atoms with van der Waals surface area (Å²) in [6.45, 7) is 8.80. The van der Waals surface area contributed by atoms with Gasteiger partial charge in [0.15, 0.2) is 0 Å². The number of nitrogens with one attached hydrogen (secondary N) is 1. The predicted octanol–water partition coefficient (Wildman–Crippen LogP) is 4.99. The van der Waals surface area contributed by atoms with Gasteiger partial charge < -0.3 is 5.32 Å². The van der Waals surface area contributed by atoms with Crippen molar-refractivity contribution in [2.45, 2.75) is 46.6 Å². The molecular weight excluding hydrogens is 334 g/mol. The molecule has 0 radical (unpaired) electrons. The lowest BCUT2D eigenvalue weighted by Crippen LogP contribution is -2.21. The van der Waals surface area contributed by atoms with Crippen LogP contribution in [0.25, 0.3) is 0 Å². The van der Waals surface area contributed by atoms with Crippen LogP contribution < -0.4 is 5.32 Å². The van der Waals surface area contributed by atoms with E-state index in [-0.39, 0.29) is 11.8 Å². The lowest BCUT2D eigenvalue weighted by molar-refractivity contribution is -0.117. The average Bonchev–Trinajstić information content (AvgIpc) is 2.92. The molecule has 3 rings (SSSR count). The van der Waals surface area contributed by atoms with Crippen LogP contribution in [0.2, 0.25) is 0 Å². The van der Waals surface area contributed by atoms with Gasteiger partial charge in [-0.3, -0.25) is 9.48 Å². The Labute approximate surface area is 161 Å². The minimum Gasteiger partial charge on any atom is -0.322 e. The molecule has 0 spiro atoms. The number of benzene rings is 2. The van der Waals surface area contributed by atoms with Crippen molar-refractivity contribution in [3.05, 3.63) is 82.7 Å². The van der Waals surface area contributed by atoms with E-state index in [4.69, 9.17) is 0 Å². The minimum atomic E-state index is -0.162. The molecule has 0 saturated carbocycles. The topological polar surface area (TPSA) is 46.9 Å². The SMILES string of the molecule is CC[C@H](C(=O)Nc1c(C)nn(Cc2ccccc2C)c1C)c1ccccc1. The van der Waals surface area contributed by atoms with Crippen LogP contribution in [-0.4, -0.2) is 15.7 Å². The first-order valence-corrected chi connectivity index (χ1v) is 9.45. The van der Waals surface area contributed by atoms with E-state index in [1.165, 1.54) is 11.1 Å². The number of aromatic nitrogens is 2. The summed E-state index contributed by atoms with van der Waals surface area (Å²) in [6.07, 6.45) is 0.755. The largest absolute Gasteiger partial charge is 0.322 e. The first-order valence-electron chi connectivity index (χ1n) is 9.45. The summed E-state index contributed by atoms with van der Waals surface area (Å²) < 4.78 is 1.97. The summed E-state index contributed by atoms with van der Waals surface area (Å²) in [6, 6.07) is 18.2. The molecule has 1 amide bonds. The molecule has 0 aliphatic heterocycles. The summed E-state index contributed by atoms with van der Waals surface area (Å²) >= 11 is 0. The van der Waals surface area contributed by atoms with Crippen LogP contribution in [0.4, 0.5) is 5.69 Å². The van der Waals surface area contributed by atoms with Gasteiger partial charge >= 0.3 is 0 Å². The molecule has 1 heterocycles. The van der Waals surface area contributed by atoms with Crippen molar-refractivity contribution in [2.24, 2.45) is 0 Å². The maximum Gasteiger partial charge on any atom is 0.232 e. The van der Waals surface area contributed by atoms with E-state index in [0.717, 1.165) is 29.1 Å². The highest BCUT2D eigenvalue weighted by molar-refractivity contribution is 5.96. The van der Waals surface area contributed by atoms with Crippen LogP contribution in [-0.2, 0) is 11.3 Å². The van der Waals surface area contributed by atoms with Crippen molar-refractivity contribution < 1.29 is 4.79 Å². The second kappa shape index (κ2) is 8.21. The van der Waals surface area contributed by atoms with Gasteiger partial charge in [0.1, 0.15) is 0 Å². The van der Waals surface area contributed by atoms with Gasteiger partial charge in [0.2, 0.25) is 5.91 Å². The van der Waals surface area contributed by atoms with Crippen LogP contribution in [0.15, 0.2) is 54.6 Å². The van der Waals surface area contributed by atoms with Crippen molar-refractivity contribution in [3.8, 4) is 0 Å². The highest BCUT2D eigenvalue weighted by Gasteiger charge is 2.21. The van der Waals surface area contributed by atoms with E-state index < -0.39 is 0 Å². The standard InChI is InChI=1S/C23H27N3O/c1-5-21(19-12-7-6-8-13-19)23(27)24-22-17(3)25-26(18(22)4)15-20-14-10-9-11-16(20)2/h6-14,21H,5,15H2,1-4H3,(H,24,27)/t21-/m0/s1. The van der Waals surface area contributed by atoms with Crippen LogP contribution in [0.3, 0.4) is 0 Å². The van der Waals surface area contributed by atoms with Crippen LogP contribution >= 0.6 is 0 Å². The highest BCUT2D eigenvalue weighted by atomic mass is 16.1. The van der Waals surface area contributed by atoms with Crippen molar-refractivity contribution in [1.82, 2.24) is 9.78 Å². The second-order valence-electron chi connectivity index (χ2n) is 6.99. The predicted molar refractivity (Wildman–Crippen MR) is 110 cm³/mol. The molecule has 140 valence electrons. The Kier molecular flexibility index (Phi) is 5.75. The monoisotopic (exact) mass is 361 g/mol. The number of hydrogen-bond donors (Lipinski definition) is 1. The fourth-order valence-corrected chi connectivity index (χ4v) is 3.45. The highest BCUT2D eigenvalue weighted by Crippen LogP contribution is 2.25. The van der Waals surface area contributed by atoms with E-state index in [0.29, 0.717) is 6.54 Å². The number of nitrogens with zero attached hydrogens (tertiary/aromatic N) is 2. The van der Waals surface area contributed by atoms with Gasteiger partial charge in [-0.15, -0.1) is 0 Å². The molecule has 1 N–H and O–H groups in total. The Morgan fingerprint density at radius 1 is 1.04 bits per heavy atom. The molecule has 0 bridgehead atoms. The van der Waals surface area contributed by atoms with Gasteiger partial charge in [-0.1, -0.05) is 61.5 Å². The quantitative estimate of drug-likeness (QED) is 0.672. The Hall–Kier alpha value is -2.88. The summed E-state index contributed by atoms with van der Waals surface area (Å²) in [5.41, 5.74) is 6.16. The van der Waals surface area contributed by atoms with Crippen LogP contribution in [0, 0.1) is 20.8 Å². The Bertz CT molecular complexity index is 928. The smallest absolute Gasteiger partial charge is 0.232 e. The maximum absolute atomic E-state index is 12.9. The van der Waals surface area contributed by atoms with Crippen molar-refractivity contribution >= 4 is 11.6 Å². The number of hydrogen-bond acceptors (Lipinski definition) is 2. The third kappa shape index (κ3) is 4.11. The van der Waals surface area contributed by atoms with E-state index in [1.54, 1.807) is 0 Å². The Morgan fingerprint density at radius 2 is 1.70 bits per heavy atom. The zero-order chi connectivity index (χ0) is 19.4. The maximum atomic E-state index is 12.9. The molecular formula is C23H27N3O. The Morgan fingerprint density at radius 3 is 2.37 bits per heavy atom. The third-order valence-corrected chi connectivity index (χ3v) is 5.14. The van der Waals surface area contributed by atoms with Gasteiger partial charge in [-0.25, -0.2) is 0 Å². The molecule has 0 aliphatic carbocycles. The van der Waals surface area contributed by atoms with Crippen LogP contribution in [0.5, 0.6) is 0 Å². The van der Waals surface area contributed by atoms with Crippen LogP contribution in [0.1, 0.15) is 47.3 Å². The minimum absolute atomic E-state index is 0.0188. The number of carbonyl (C=O) groups excluding carboxylic acids is 1. The number of rotatable bonds is 6. The number of anilines is 1. The third-order valence-electron chi connectivity index (χ3n) is 5.14. The summed E-state index contributed by atoms with van der Waals surface area (Å²) in [5, 5.41) is 7.79. The van der Waals surface area contributed by atoms with Gasteiger partial charge in [0.25, 0.3) is 0 Å². The van der Waals surface area contributed by atoms with Gasteiger partial charge in [-0.2, -0.15) is 5.10 Å². The summed E-state index contributed by atoms with van der Waals surface area (Å²) in [4.78, 5) is 12.9. The van der Waals surface area contributed by atoms with Crippen molar-refractivity contribution in [3.63, 3.8) is 0 Å². The van der Waals surface area contributed by atoms with E-state index in [1.807, 2.05) is 67.9 Å². The molecule has 0 fully saturated rings. The zero-order valence-corrected chi connectivity index (χ0v) is 16.5. The summed E-state index contributed by atoms with van der Waals surface area (Å²) in [5.74, 6) is -0.143. The van der Waals surface area contributed by atoms with E-state index >= 15 is 0 Å².